The molecule has 2 aliphatic heterocycles. The minimum absolute atomic E-state index is 0.118. The van der Waals surface area contributed by atoms with Gasteiger partial charge in [-0.15, -0.1) is 0 Å². The molecular formula is C26H34N2O3. The number of nitrogens with zero attached hydrogens (tertiary/aromatic N) is 2. The van der Waals surface area contributed by atoms with E-state index in [2.05, 4.69) is 57.9 Å². The number of methoxy groups -OCH3 is 1. The fraction of sp³-hybridized carbons (Fsp3) is 0.500. The summed E-state index contributed by atoms with van der Waals surface area (Å²) in [6.07, 6.45) is 2.54. The molecule has 0 N–H and O–H groups in total. The van der Waals surface area contributed by atoms with Crippen molar-refractivity contribution >= 4 is 11.8 Å². The van der Waals surface area contributed by atoms with Crippen LogP contribution in [-0.4, -0.2) is 29.3 Å². The van der Waals surface area contributed by atoms with Gasteiger partial charge in [-0.05, 0) is 65.5 Å². The van der Waals surface area contributed by atoms with Gasteiger partial charge in [0.25, 0.3) is 0 Å². The third-order valence-electron chi connectivity index (χ3n) is 7.04. The van der Waals surface area contributed by atoms with Crippen molar-refractivity contribution in [2.75, 3.05) is 12.0 Å². The number of piperidine rings is 1. The van der Waals surface area contributed by atoms with E-state index in [1.165, 1.54) is 13.5 Å². The van der Waals surface area contributed by atoms with E-state index >= 15 is 0 Å². The van der Waals surface area contributed by atoms with E-state index in [4.69, 9.17) is 9.57 Å². The highest BCUT2D eigenvalue weighted by Crippen LogP contribution is 2.55. The molecule has 4 rings (SSSR count). The number of benzene rings is 2. The zero-order chi connectivity index (χ0) is 22.4. The van der Waals surface area contributed by atoms with E-state index in [9.17, 15) is 4.79 Å². The molecule has 1 amide bonds. The van der Waals surface area contributed by atoms with E-state index in [1.807, 2.05) is 36.4 Å². The van der Waals surface area contributed by atoms with Gasteiger partial charge in [-0.2, -0.15) is 5.06 Å². The van der Waals surface area contributed by atoms with E-state index in [0.717, 1.165) is 29.7 Å². The molecule has 31 heavy (non-hydrogen) atoms. The molecule has 166 valence electrons. The van der Waals surface area contributed by atoms with Gasteiger partial charge in [0.05, 0.1) is 12.8 Å². The Balaban J connectivity index is 1.89. The minimum atomic E-state index is -0.762. The van der Waals surface area contributed by atoms with Crippen molar-refractivity contribution in [3.63, 3.8) is 0 Å². The summed E-state index contributed by atoms with van der Waals surface area (Å²) in [6, 6.07) is 18.1. The van der Waals surface area contributed by atoms with Crippen molar-refractivity contribution in [2.45, 2.75) is 76.6 Å². The second-order valence-electron chi connectivity index (χ2n) is 10.1. The minimum Gasteiger partial charge on any atom is -0.452 e. The number of carbonyl (C=O) groups excluding carboxylic acids is 1. The smallest absolute Gasteiger partial charge is 0.414 e. The van der Waals surface area contributed by atoms with Crippen LogP contribution in [0.15, 0.2) is 54.6 Å². The van der Waals surface area contributed by atoms with Crippen LogP contribution < -0.4 is 4.90 Å². The van der Waals surface area contributed by atoms with E-state index in [1.54, 1.807) is 4.90 Å². The third-order valence-corrected chi connectivity index (χ3v) is 7.04. The third kappa shape index (κ3) is 3.44. The maximum Gasteiger partial charge on any atom is 0.414 e. The Morgan fingerprint density at radius 3 is 2.10 bits per heavy atom. The summed E-state index contributed by atoms with van der Waals surface area (Å²) in [5.41, 5.74) is 1.84. The van der Waals surface area contributed by atoms with Crippen LogP contribution >= 0.6 is 0 Å². The average Bonchev–Trinajstić information content (AvgIpc) is 2.99. The first-order chi connectivity index (χ1) is 14.6. The van der Waals surface area contributed by atoms with Gasteiger partial charge >= 0.3 is 6.09 Å². The Bertz CT molecular complexity index is 940. The van der Waals surface area contributed by atoms with Crippen LogP contribution in [0.2, 0.25) is 0 Å². The first-order valence-corrected chi connectivity index (χ1v) is 11.1. The predicted octanol–water partition coefficient (Wildman–Crippen LogP) is 6.20. The molecule has 0 radical (unpaired) electrons. The topological polar surface area (TPSA) is 42.0 Å². The molecule has 1 saturated heterocycles. The fourth-order valence-electron chi connectivity index (χ4n) is 5.54. The van der Waals surface area contributed by atoms with Crippen molar-refractivity contribution < 1.29 is 14.4 Å². The Hall–Kier alpha value is -2.37. The zero-order valence-corrected chi connectivity index (χ0v) is 19.5. The van der Waals surface area contributed by atoms with Gasteiger partial charge in [-0.3, -0.25) is 9.74 Å². The van der Waals surface area contributed by atoms with Crippen LogP contribution in [-0.2, 0) is 15.1 Å². The zero-order valence-electron chi connectivity index (χ0n) is 19.5. The highest BCUT2D eigenvalue weighted by Gasteiger charge is 2.56. The second kappa shape index (κ2) is 7.64. The molecule has 5 heteroatoms. The number of rotatable bonds is 3. The molecule has 5 nitrogen and oxygen atoms in total. The monoisotopic (exact) mass is 422 g/mol. The van der Waals surface area contributed by atoms with Gasteiger partial charge in [0, 0.05) is 16.6 Å². The molecule has 0 bridgehead atoms. The molecule has 2 aromatic carbocycles. The molecule has 2 aromatic rings. The van der Waals surface area contributed by atoms with Gasteiger partial charge in [-0.1, -0.05) is 48.5 Å². The Morgan fingerprint density at radius 2 is 1.48 bits per heavy atom. The standard InChI is InChI=1S/C26H34N2O3/c1-24(2)17-12-18-25(3,4)28(24)31-22-20-15-10-11-16-21(20)27(23(29)30-6)26(22,5)19-13-8-7-9-14-19/h7-11,13-16,22H,12,17-18H2,1-6H3/t22-,26+/m1/s1. The van der Waals surface area contributed by atoms with Gasteiger partial charge in [0.15, 0.2) is 0 Å². The number of hydroxylamine groups is 2. The molecular weight excluding hydrogens is 388 g/mol. The van der Waals surface area contributed by atoms with Crippen LogP contribution in [0.3, 0.4) is 0 Å². The Kier molecular flexibility index (Phi) is 5.39. The van der Waals surface area contributed by atoms with Gasteiger partial charge in [0.1, 0.15) is 11.6 Å². The highest BCUT2D eigenvalue weighted by molar-refractivity contribution is 5.93. The van der Waals surface area contributed by atoms with Crippen LogP contribution in [0.4, 0.5) is 10.5 Å². The van der Waals surface area contributed by atoms with Crippen molar-refractivity contribution in [3.8, 4) is 0 Å². The highest BCUT2D eigenvalue weighted by atomic mass is 16.7. The van der Waals surface area contributed by atoms with Gasteiger partial charge in [-0.25, -0.2) is 4.79 Å². The first kappa shape index (κ1) is 21.8. The molecule has 2 heterocycles. The largest absolute Gasteiger partial charge is 0.452 e. The summed E-state index contributed by atoms with van der Waals surface area (Å²) in [5, 5.41) is 2.19. The molecule has 0 aliphatic carbocycles. The molecule has 2 aliphatic rings. The van der Waals surface area contributed by atoms with E-state index in [-0.39, 0.29) is 23.3 Å². The van der Waals surface area contributed by atoms with Crippen molar-refractivity contribution in [3.05, 3.63) is 65.7 Å². The maximum atomic E-state index is 13.1. The quantitative estimate of drug-likeness (QED) is 0.590. The lowest BCUT2D eigenvalue weighted by Gasteiger charge is -2.53. The number of hydrogen-bond donors (Lipinski definition) is 0. The van der Waals surface area contributed by atoms with Crippen molar-refractivity contribution in [1.29, 1.82) is 0 Å². The number of hydrogen-bond acceptors (Lipinski definition) is 4. The molecule has 0 unspecified atom stereocenters. The number of ether oxygens (including phenoxy) is 1. The summed E-state index contributed by atoms with van der Waals surface area (Å²) in [7, 11) is 1.43. The first-order valence-electron chi connectivity index (χ1n) is 11.1. The van der Waals surface area contributed by atoms with Crippen LogP contribution in [0, 0.1) is 0 Å². The lowest BCUT2D eigenvalue weighted by Crippen LogP contribution is -2.60. The maximum absolute atomic E-state index is 13.1. The summed E-state index contributed by atoms with van der Waals surface area (Å²) in [5.74, 6) is 0. The Morgan fingerprint density at radius 1 is 0.903 bits per heavy atom. The number of amides is 1. The second-order valence-corrected chi connectivity index (χ2v) is 10.1. The van der Waals surface area contributed by atoms with E-state index < -0.39 is 5.54 Å². The van der Waals surface area contributed by atoms with E-state index in [0.29, 0.717) is 0 Å². The number of para-hydroxylation sites is 1. The Labute approximate surface area is 185 Å². The van der Waals surface area contributed by atoms with Crippen LogP contribution in [0.1, 0.15) is 71.1 Å². The molecule has 1 fully saturated rings. The van der Waals surface area contributed by atoms with Crippen molar-refractivity contribution in [2.24, 2.45) is 0 Å². The summed E-state index contributed by atoms with van der Waals surface area (Å²) in [6.45, 7) is 11.0. The molecule has 0 aromatic heterocycles. The summed E-state index contributed by atoms with van der Waals surface area (Å²) >= 11 is 0. The average molecular weight is 423 g/mol. The molecule has 0 saturated carbocycles. The van der Waals surface area contributed by atoms with Crippen LogP contribution in [0.25, 0.3) is 0 Å². The molecule has 2 atom stereocenters. The summed E-state index contributed by atoms with van der Waals surface area (Å²) < 4.78 is 5.25. The van der Waals surface area contributed by atoms with Crippen molar-refractivity contribution in [1.82, 2.24) is 5.06 Å². The van der Waals surface area contributed by atoms with Gasteiger partial charge < -0.3 is 4.74 Å². The lowest BCUT2D eigenvalue weighted by atomic mass is 9.81. The number of carbonyl (C=O) groups is 1. The van der Waals surface area contributed by atoms with Gasteiger partial charge in [0.2, 0.25) is 0 Å². The fourth-order valence-corrected chi connectivity index (χ4v) is 5.54. The predicted molar refractivity (Wildman–Crippen MR) is 123 cm³/mol. The summed E-state index contributed by atoms with van der Waals surface area (Å²) in [4.78, 5) is 21.8. The lowest BCUT2D eigenvalue weighted by molar-refractivity contribution is -0.315. The SMILES string of the molecule is COC(=O)N1c2ccccc2[C@@H](ON2C(C)(C)CCCC2(C)C)[C@]1(C)c1ccccc1. The normalized spacial score (nSPS) is 27.0. The number of fused-ring (bicyclic) bond motifs is 1. The van der Waals surface area contributed by atoms with Crippen LogP contribution in [0.5, 0.6) is 0 Å². The molecule has 0 spiro atoms. The number of anilines is 1.